The minimum absolute atomic E-state index is 0.00559. The third-order valence-corrected chi connectivity index (χ3v) is 5.17. The number of primary sulfonamides is 1. The Morgan fingerprint density at radius 2 is 1.78 bits per heavy atom. The first-order valence-electron chi connectivity index (χ1n) is 8.35. The summed E-state index contributed by atoms with van der Waals surface area (Å²) in [5.41, 5.74) is 1.31. The molecule has 1 atom stereocenters. The van der Waals surface area contributed by atoms with Gasteiger partial charge in [0, 0.05) is 6.08 Å². The second kappa shape index (κ2) is 7.34. The van der Waals surface area contributed by atoms with Crippen molar-refractivity contribution in [1.82, 2.24) is 5.32 Å². The molecule has 1 aliphatic heterocycles. The Hall–Kier alpha value is -2.97. The van der Waals surface area contributed by atoms with Crippen LogP contribution in [0.4, 0.5) is 5.69 Å². The van der Waals surface area contributed by atoms with E-state index < -0.39 is 21.8 Å². The van der Waals surface area contributed by atoms with Crippen molar-refractivity contribution >= 4 is 27.5 Å². The van der Waals surface area contributed by atoms with Crippen molar-refractivity contribution in [1.29, 1.82) is 0 Å². The number of carbonyl (C=O) groups excluding carboxylic acids is 2. The average molecular weight is 385 g/mol. The summed E-state index contributed by atoms with van der Waals surface area (Å²) in [4.78, 5) is 26.1. The standard InChI is InChI=1S/C19H19N3O4S/c1-2-16(13-7-6-10-15(11-13)27(20,25)26)21-17-12-18(23)22(19(17)24)14-8-4-3-5-9-14/h3-12,16,21H,2H2,1H3,(H2,20,25,26). The Labute approximate surface area is 157 Å². The molecule has 8 heteroatoms. The zero-order valence-electron chi connectivity index (χ0n) is 14.6. The Balaban J connectivity index is 1.85. The molecule has 7 nitrogen and oxygen atoms in total. The van der Waals surface area contributed by atoms with Crippen LogP contribution in [0, 0.1) is 0 Å². The first-order valence-corrected chi connectivity index (χ1v) is 9.90. The van der Waals surface area contributed by atoms with Gasteiger partial charge in [0.15, 0.2) is 0 Å². The summed E-state index contributed by atoms with van der Waals surface area (Å²) < 4.78 is 23.2. The molecule has 1 heterocycles. The van der Waals surface area contributed by atoms with E-state index in [-0.39, 0.29) is 16.6 Å². The zero-order chi connectivity index (χ0) is 19.6. The van der Waals surface area contributed by atoms with Crippen LogP contribution in [0.1, 0.15) is 24.9 Å². The minimum atomic E-state index is -3.83. The number of hydrogen-bond acceptors (Lipinski definition) is 5. The van der Waals surface area contributed by atoms with E-state index in [1.54, 1.807) is 42.5 Å². The van der Waals surface area contributed by atoms with Crippen LogP contribution in [0.15, 0.2) is 71.3 Å². The van der Waals surface area contributed by atoms with Crippen LogP contribution in [0.2, 0.25) is 0 Å². The van der Waals surface area contributed by atoms with Gasteiger partial charge in [-0.05, 0) is 36.2 Å². The lowest BCUT2D eigenvalue weighted by molar-refractivity contribution is -0.120. The van der Waals surface area contributed by atoms with Crippen LogP contribution in [-0.4, -0.2) is 20.2 Å². The van der Waals surface area contributed by atoms with E-state index in [1.165, 1.54) is 18.2 Å². The zero-order valence-corrected chi connectivity index (χ0v) is 15.4. The molecule has 2 aromatic carbocycles. The summed E-state index contributed by atoms with van der Waals surface area (Å²) in [6, 6.07) is 14.5. The number of rotatable bonds is 6. The lowest BCUT2D eigenvalue weighted by atomic mass is 10.0. The highest BCUT2D eigenvalue weighted by atomic mass is 32.2. The fraction of sp³-hybridized carbons (Fsp3) is 0.158. The normalized spacial score (nSPS) is 15.6. The highest BCUT2D eigenvalue weighted by Gasteiger charge is 2.33. The molecule has 3 N–H and O–H groups in total. The van der Waals surface area contributed by atoms with Gasteiger partial charge in [0.2, 0.25) is 10.0 Å². The number of sulfonamides is 1. The van der Waals surface area contributed by atoms with Crippen molar-refractivity contribution in [3.8, 4) is 0 Å². The third kappa shape index (κ3) is 3.91. The van der Waals surface area contributed by atoms with Crippen LogP contribution < -0.4 is 15.4 Å². The molecule has 1 unspecified atom stereocenters. The average Bonchev–Trinajstić information content (AvgIpc) is 2.93. The molecule has 0 aliphatic carbocycles. The van der Waals surface area contributed by atoms with Crippen LogP contribution >= 0.6 is 0 Å². The lowest BCUT2D eigenvalue weighted by Gasteiger charge is -2.20. The minimum Gasteiger partial charge on any atom is -0.374 e. The largest absolute Gasteiger partial charge is 0.374 e. The van der Waals surface area contributed by atoms with Gasteiger partial charge >= 0.3 is 0 Å². The van der Waals surface area contributed by atoms with Crippen molar-refractivity contribution in [2.45, 2.75) is 24.3 Å². The molecule has 3 rings (SSSR count). The fourth-order valence-electron chi connectivity index (χ4n) is 2.91. The van der Waals surface area contributed by atoms with Crippen molar-refractivity contribution in [3.05, 3.63) is 71.9 Å². The van der Waals surface area contributed by atoms with E-state index >= 15 is 0 Å². The number of benzene rings is 2. The number of hydrogen-bond donors (Lipinski definition) is 2. The number of nitrogens with one attached hydrogen (secondary N) is 1. The molecule has 1 aliphatic rings. The third-order valence-electron chi connectivity index (χ3n) is 4.26. The van der Waals surface area contributed by atoms with E-state index in [1.807, 2.05) is 6.92 Å². The molecule has 2 aromatic rings. The number of carbonyl (C=O) groups is 2. The van der Waals surface area contributed by atoms with Gasteiger partial charge in [0.05, 0.1) is 16.6 Å². The first kappa shape index (κ1) is 18.8. The fourth-order valence-corrected chi connectivity index (χ4v) is 3.48. The van der Waals surface area contributed by atoms with Gasteiger partial charge < -0.3 is 5.32 Å². The van der Waals surface area contributed by atoms with Gasteiger partial charge in [-0.1, -0.05) is 37.3 Å². The summed E-state index contributed by atoms with van der Waals surface area (Å²) >= 11 is 0. The summed E-state index contributed by atoms with van der Waals surface area (Å²) in [6.45, 7) is 1.89. The summed E-state index contributed by atoms with van der Waals surface area (Å²) in [6.07, 6.45) is 1.82. The van der Waals surface area contributed by atoms with E-state index in [0.29, 0.717) is 17.7 Å². The molecular weight excluding hydrogens is 366 g/mol. The number of nitrogens with two attached hydrogens (primary N) is 1. The maximum absolute atomic E-state index is 12.7. The molecule has 0 bridgehead atoms. The van der Waals surface area contributed by atoms with Crippen molar-refractivity contribution in [2.75, 3.05) is 4.90 Å². The molecule has 27 heavy (non-hydrogen) atoms. The highest BCUT2D eigenvalue weighted by Crippen LogP contribution is 2.25. The molecule has 0 saturated carbocycles. The monoisotopic (exact) mass is 385 g/mol. The quantitative estimate of drug-likeness (QED) is 0.737. The molecule has 0 aromatic heterocycles. The second-order valence-electron chi connectivity index (χ2n) is 6.10. The topological polar surface area (TPSA) is 110 Å². The maximum atomic E-state index is 12.7. The predicted octanol–water partition coefficient (Wildman–Crippen LogP) is 1.83. The molecule has 0 radical (unpaired) electrons. The van der Waals surface area contributed by atoms with Gasteiger partial charge in [0.1, 0.15) is 5.70 Å². The summed E-state index contributed by atoms with van der Waals surface area (Å²) in [5.74, 6) is -0.880. The van der Waals surface area contributed by atoms with Crippen LogP contribution in [0.25, 0.3) is 0 Å². The van der Waals surface area contributed by atoms with Crippen LogP contribution in [-0.2, 0) is 19.6 Å². The van der Waals surface area contributed by atoms with Gasteiger partial charge in [-0.3, -0.25) is 9.59 Å². The molecule has 0 fully saturated rings. The number of para-hydroxylation sites is 1. The van der Waals surface area contributed by atoms with Crippen molar-refractivity contribution in [2.24, 2.45) is 5.14 Å². The Morgan fingerprint density at radius 3 is 2.41 bits per heavy atom. The van der Waals surface area contributed by atoms with E-state index in [0.717, 1.165) is 4.90 Å². The highest BCUT2D eigenvalue weighted by molar-refractivity contribution is 7.89. The molecule has 140 valence electrons. The van der Waals surface area contributed by atoms with Gasteiger partial charge in [-0.15, -0.1) is 0 Å². The van der Waals surface area contributed by atoms with Gasteiger partial charge in [-0.2, -0.15) is 0 Å². The van der Waals surface area contributed by atoms with Crippen LogP contribution in [0.5, 0.6) is 0 Å². The van der Waals surface area contributed by atoms with E-state index in [4.69, 9.17) is 5.14 Å². The Kier molecular flexibility index (Phi) is 5.11. The van der Waals surface area contributed by atoms with Crippen molar-refractivity contribution in [3.63, 3.8) is 0 Å². The van der Waals surface area contributed by atoms with E-state index in [2.05, 4.69) is 5.32 Å². The van der Waals surface area contributed by atoms with Crippen molar-refractivity contribution < 1.29 is 18.0 Å². The maximum Gasteiger partial charge on any atom is 0.281 e. The summed E-state index contributed by atoms with van der Waals surface area (Å²) in [5, 5.41) is 8.24. The second-order valence-corrected chi connectivity index (χ2v) is 7.66. The number of amides is 2. The number of nitrogens with zero attached hydrogens (tertiary/aromatic N) is 1. The summed E-state index contributed by atoms with van der Waals surface area (Å²) in [7, 11) is -3.83. The van der Waals surface area contributed by atoms with Gasteiger partial charge in [0.25, 0.3) is 11.8 Å². The van der Waals surface area contributed by atoms with Crippen LogP contribution in [0.3, 0.4) is 0 Å². The lowest BCUT2D eigenvalue weighted by Crippen LogP contribution is -2.34. The van der Waals surface area contributed by atoms with E-state index in [9.17, 15) is 18.0 Å². The number of imide groups is 1. The molecule has 0 saturated heterocycles. The molecule has 0 spiro atoms. The SMILES string of the molecule is CCC(NC1=CC(=O)N(c2ccccc2)C1=O)c1cccc(S(N)(=O)=O)c1. The Morgan fingerprint density at radius 1 is 1.07 bits per heavy atom. The first-order chi connectivity index (χ1) is 12.8. The predicted molar refractivity (Wildman–Crippen MR) is 101 cm³/mol. The van der Waals surface area contributed by atoms with Gasteiger partial charge in [-0.25, -0.2) is 18.5 Å². The molecular formula is C19H19N3O4S. The molecule has 2 amide bonds. The smallest absolute Gasteiger partial charge is 0.281 e. The number of anilines is 1. The Bertz CT molecular complexity index is 1020.